The fourth-order valence-electron chi connectivity index (χ4n) is 5.14. The zero-order valence-corrected chi connectivity index (χ0v) is 26.5. The lowest BCUT2D eigenvalue weighted by Gasteiger charge is -2.24. The second-order valence-corrected chi connectivity index (χ2v) is 12.1. The van der Waals surface area contributed by atoms with Gasteiger partial charge in [-0.05, 0) is 85.5 Å². The summed E-state index contributed by atoms with van der Waals surface area (Å²) in [6.07, 6.45) is 10.6. The molecule has 1 rings (SSSR count). The fourth-order valence-corrected chi connectivity index (χ4v) is 5.14. The minimum atomic E-state index is -0.905. The van der Waals surface area contributed by atoms with Crippen molar-refractivity contribution < 1.29 is 34.1 Å². The highest BCUT2D eigenvalue weighted by Crippen LogP contribution is 2.23. The summed E-state index contributed by atoms with van der Waals surface area (Å²) in [5.41, 5.74) is 8.44. The molecule has 1 aliphatic rings. The van der Waals surface area contributed by atoms with Gasteiger partial charge in [0.25, 0.3) is 0 Å². The molecule has 9 nitrogen and oxygen atoms in total. The van der Waals surface area contributed by atoms with Crippen molar-refractivity contribution >= 4 is 18.0 Å². The highest BCUT2D eigenvalue weighted by molar-refractivity contribution is 5.87. The summed E-state index contributed by atoms with van der Waals surface area (Å²) in [4.78, 5) is 36.0. The molecule has 42 heavy (non-hydrogen) atoms. The molecule has 1 aliphatic heterocycles. The Kier molecular flexibility index (Phi) is 18.8. The number of hydrogen-bond donors (Lipinski definition) is 4. The smallest absolute Gasteiger partial charge is 0.404 e. The van der Waals surface area contributed by atoms with Crippen LogP contribution in [0.4, 0.5) is 4.79 Å². The van der Waals surface area contributed by atoms with Crippen LogP contribution in [-0.4, -0.2) is 59.1 Å². The number of esters is 1. The van der Waals surface area contributed by atoms with Crippen molar-refractivity contribution in [3.05, 3.63) is 34.9 Å². The first-order valence-electron chi connectivity index (χ1n) is 15.6. The zero-order valence-electron chi connectivity index (χ0n) is 26.5. The Morgan fingerprint density at radius 1 is 1.10 bits per heavy atom. The average molecular weight is 593 g/mol. The van der Waals surface area contributed by atoms with E-state index in [0.717, 1.165) is 48.8 Å². The van der Waals surface area contributed by atoms with Crippen molar-refractivity contribution in [3.8, 4) is 0 Å². The number of allylic oxidation sites excluding steroid dienone is 2. The van der Waals surface area contributed by atoms with E-state index < -0.39 is 24.4 Å². The van der Waals surface area contributed by atoms with E-state index in [4.69, 9.17) is 15.2 Å². The summed E-state index contributed by atoms with van der Waals surface area (Å²) in [6, 6.07) is 0. The van der Waals surface area contributed by atoms with Gasteiger partial charge in [-0.3, -0.25) is 9.59 Å². The van der Waals surface area contributed by atoms with E-state index in [-0.39, 0.29) is 23.9 Å². The molecule has 0 spiro atoms. The molecule has 0 aromatic heterocycles. The number of amides is 2. The Bertz CT molecular complexity index is 923. The van der Waals surface area contributed by atoms with Gasteiger partial charge < -0.3 is 30.7 Å². The highest BCUT2D eigenvalue weighted by Gasteiger charge is 2.24. The number of carbonyl (C=O) groups is 3. The predicted octanol–water partition coefficient (Wildman–Crippen LogP) is 5.78. The van der Waals surface area contributed by atoms with E-state index in [2.05, 4.69) is 24.4 Å². The van der Waals surface area contributed by atoms with Crippen molar-refractivity contribution in [1.29, 1.82) is 0 Å². The molecule has 0 saturated carbocycles. The molecule has 5 atom stereocenters. The van der Waals surface area contributed by atoms with Gasteiger partial charge in [0.1, 0.15) is 12.2 Å². The maximum Gasteiger partial charge on any atom is 0.404 e. The summed E-state index contributed by atoms with van der Waals surface area (Å²) in [7, 11) is 0. The number of ether oxygens (including phenoxy) is 2. The van der Waals surface area contributed by atoms with Gasteiger partial charge in [0.05, 0.1) is 12.2 Å². The largest absolute Gasteiger partial charge is 0.461 e. The third-order valence-electron chi connectivity index (χ3n) is 7.52. The van der Waals surface area contributed by atoms with E-state index >= 15 is 0 Å². The highest BCUT2D eigenvalue weighted by atomic mass is 16.6. The lowest BCUT2D eigenvalue weighted by molar-refractivity contribution is -0.150. The number of nitrogens with one attached hydrogen (secondary N) is 1. The average Bonchev–Trinajstić information content (AvgIpc) is 2.89. The summed E-state index contributed by atoms with van der Waals surface area (Å²) in [5.74, 6) is -0.313. The monoisotopic (exact) mass is 592 g/mol. The van der Waals surface area contributed by atoms with Crippen molar-refractivity contribution in [2.45, 2.75) is 143 Å². The first-order chi connectivity index (χ1) is 19.9. The molecule has 0 unspecified atom stereocenters. The third kappa shape index (κ3) is 18.0. The quantitative estimate of drug-likeness (QED) is 0.166. The molecule has 1 heterocycles. The minimum Gasteiger partial charge on any atom is -0.461 e. The second kappa shape index (κ2) is 21.1. The lowest BCUT2D eigenvalue weighted by atomic mass is 9.94. The van der Waals surface area contributed by atoms with Crippen LogP contribution < -0.4 is 11.1 Å². The van der Waals surface area contributed by atoms with Crippen LogP contribution >= 0.6 is 0 Å². The van der Waals surface area contributed by atoms with E-state index in [0.29, 0.717) is 57.9 Å². The maximum atomic E-state index is 12.8. The van der Waals surface area contributed by atoms with Crippen LogP contribution in [0.2, 0.25) is 0 Å². The SMILES string of the molecule is CC(C)=CC(=O)NCCC(C)=C[C@H](C)[C@H]1CC(C)=CCCCC[C@@H](OC(N)=O)[C@H](O)CC[C@H](O)CCCCCC(=O)O1. The number of aliphatic hydroxyl groups excluding tert-OH is 2. The number of primary amides is 1. The van der Waals surface area contributed by atoms with Crippen molar-refractivity contribution in [1.82, 2.24) is 5.32 Å². The van der Waals surface area contributed by atoms with Gasteiger partial charge in [-0.25, -0.2) is 4.79 Å². The van der Waals surface area contributed by atoms with Gasteiger partial charge in [0.15, 0.2) is 0 Å². The van der Waals surface area contributed by atoms with Crippen LogP contribution in [0, 0.1) is 5.92 Å². The standard InChI is InChI=1S/C33H56N2O7/c1-23(2)20-31(38)35-19-18-25(4)21-26(5)30-22-24(3)12-8-6-10-14-29(42-33(34)40)28(37)17-16-27(36)13-9-7-11-15-32(39)41-30/h12,20-21,26-30,36-37H,6-11,13-19,22H2,1-5H3,(H2,34,40)(H,35,38)/t26-,27+,28+,29+,30+/m0/s1. The molecule has 0 fully saturated rings. The molecule has 0 bridgehead atoms. The van der Waals surface area contributed by atoms with Crippen LogP contribution in [0.15, 0.2) is 34.9 Å². The van der Waals surface area contributed by atoms with Gasteiger partial charge in [0.2, 0.25) is 5.91 Å². The Hall–Kier alpha value is -2.65. The number of hydrogen-bond acceptors (Lipinski definition) is 7. The molecule has 5 N–H and O–H groups in total. The molecule has 9 heteroatoms. The topological polar surface area (TPSA) is 148 Å². The molecule has 0 aromatic rings. The predicted molar refractivity (Wildman–Crippen MR) is 165 cm³/mol. The van der Waals surface area contributed by atoms with E-state index in [1.54, 1.807) is 6.08 Å². The number of cyclic esters (lactones) is 1. The van der Waals surface area contributed by atoms with Gasteiger partial charge in [0, 0.05) is 31.4 Å². The fraction of sp³-hybridized carbons (Fsp3) is 0.727. The van der Waals surface area contributed by atoms with Crippen molar-refractivity contribution in [3.63, 3.8) is 0 Å². The van der Waals surface area contributed by atoms with Gasteiger partial charge in [-0.2, -0.15) is 0 Å². The van der Waals surface area contributed by atoms with Crippen molar-refractivity contribution in [2.75, 3.05) is 6.54 Å². The van der Waals surface area contributed by atoms with Gasteiger partial charge in [-0.1, -0.05) is 48.6 Å². The molecule has 0 saturated heterocycles. The minimum absolute atomic E-state index is 0.00742. The molecule has 2 amide bonds. The van der Waals surface area contributed by atoms with E-state index in [1.807, 2.05) is 27.7 Å². The number of nitrogens with two attached hydrogens (primary N) is 1. The Balaban J connectivity index is 2.90. The van der Waals surface area contributed by atoms with Crippen LogP contribution in [-0.2, 0) is 19.1 Å². The third-order valence-corrected chi connectivity index (χ3v) is 7.52. The zero-order chi connectivity index (χ0) is 31.5. The molecule has 240 valence electrons. The summed E-state index contributed by atoms with van der Waals surface area (Å²) >= 11 is 0. The van der Waals surface area contributed by atoms with E-state index in [9.17, 15) is 24.6 Å². The summed E-state index contributed by atoms with van der Waals surface area (Å²) < 4.78 is 11.2. The first kappa shape index (κ1) is 37.4. The Morgan fingerprint density at radius 2 is 1.81 bits per heavy atom. The summed E-state index contributed by atoms with van der Waals surface area (Å²) in [6.45, 7) is 10.4. The number of carbonyl (C=O) groups excluding carboxylic acids is 3. The number of rotatable bonds is 7. The maximum absolute atomic E-state index is 12.8. The summed E-state index contributed by atoms with van der Waals surface area (Å²) in [5, 5.41) is 23.8. The normalized spacial score (nSPS) is 25.3. The molecule has 0 radical (unpaired) electrons. The second-order valence-electron chi connectivity index (χ2n) is 12.1. The van der Waals surface area contributed by atoms with Crippen molar-refractivity contribution in [2.24, 2.45) is 11.7 Å². The molecular formula is C33H56N2O7. The van der Waals surface area contributed by atoms with Gasteiger partial charge >= 0.3 is 12.1 Å². The van der Waals surface area contributed by atoms with Crippen LogP contribution in [0.3, 0.4) is 0 Å². The molecular weight excluding hydrogens is 536 g/mol. The molecule has 0 aliphatic carbocycles. The Labute approximate surface area is 253 Å². The van der Waals surface area contributed by atoms with Crippen LogP contribution in [0.1, 0.15) is 118 Å². The molecule has 0 aromatic carbocycles. The van der Waals surface area contributed by atoms with Crippen LogP contribution in [0.25, 0.3) is 0 Å². The van der Waals surface area contributed by atoms with Crippen LogP contribution in [0.5, 0.6) is 0 Å². The lowest BCUT2D eigenvalue weighted by Crippen LogP contribution is -2.34. The number of aliphatic hydroxyl groups is 2. The van der Waals surface area contributed by atoms with Gasteiger partial charge in [-0.15, -0.1) is 0 Å². The van der Waals surface area contributed by atoms with E-state index in [1.165, 1.54) is 0 Å². The first-order valence-corrected chi connectivity index (χ1v) is 15.6. The Morgan fingerprint density at radius 3 is 2.50 bits per heavy atom.